The average Bonchev–Trinajstić information content (AvgIpc) is 3.29. The van der Waals surface area contributed by atoms with Crippen LogP contribution in [0.25, 0.3) is 11.0 Å². The Balaban J connectivity index is 1.49. The molecular formula is C21H23N3O. The Bertz CT molecular complexity index is 889. The highest BCUT2D eigenvalue weighted by atomic mass is 16.1. The van der Waals surface area contributed by atoms with Gasteiger partial charge < -0.3 is 9.88 Å². The van der Waals surface area contributed by atoms with Crippen LogP contribution in [0.2, 0.25) is 0 Å². The summed E-state index contributed by atoms with van der Waals surface area (Å²) in [4.78, 5) is 17.0. The predicted octanol–water partition coefficient (Wildman–Crippen LogP) is 4.39. The van der Waals surface area contributed by atoms with E-state index in [0.717, 1.165) is 16.6 Å². The maximum absolute atomic E-state index is 12.4. The number of carbonyl (C=O) groups is 1. The number of imidazole rings is 1. The summed E-state index contributed by atoms with van der Waals surface area (Å²) in [5, 5.41) is 2.99. The smallest absolute Gasteiger partial charge is 0.251 e. The van der Waals surface area contributed by atoms with Crippen LogP contribution < -0.4 is 5.32 Å². The van der Waals surface area contributed by atoms with E-state index in [0.29, 0.717) is 18.2 Å². The number of carbonyl (C=O) groups excluding carboxylic acids is 1. The van der Waals surface area contributed by atoms with Crippen LogP contribution in [-0.2, 0) is 6.54 Å². The molecule has 1 aromatic heterocycles. The maximum Gasteiger partial charge on any atom is 0.251 e. The summed E-state index contributed by atoms with van der Waals surface area (Å²) < 4.78 is 2.27. The van der Waals surface area contributed by atoms with Gasteiger partial charge in [-0.2, -0.15) is 0 Å². The highest BCUT2D eigenvalue weighted by Crippen LogP contribution is 2.32. The second-order valence-electron chi connectivity index (χ2n) is 6.96. The van der Waals surface area contributed by atoms with Gasteiger partial charge in [0.1, 0.15) is 0 Å². The van der Waals surface area contributed by atoms with E-state index < -0.39 is 0 Å². The first-order chi connectivity index (χ1) is 12.2. The third-order valence-electron chi connectivity index (χ3n) is 5.13. The first-order valence-electron chi connectivity index (χ1n) is 9.01. The fourth-order valence-electron chi connectivity index (χ4n) is 3.64. The van der Waals surface area contributed by atoms with Gasteiger partial charge >= 0.3 is 0 Å². The fraction of sp³-hybridized carbons (Fsp3) is 0.333. The highest BCUT2D eigenvalue weighted by molar-refractivity contribution is 5.97. The Morgan fingerprint density at radius 3 is 2.68 bits per heavy atom. The molecule has 1 N–H and O–H groups in total. The number of rotatable bonds is 4. The summed E-state index contributed by atoms with van der Waals surface area (Å²) in [5.74, 6) is -0.0575. The first kappa shape index (κ1) is 15.9. The van der Waals surface area contributed by atoms with Crippen molar-refractivity contribution in [2.45, 2.75) is 45.2 Å². The minimum atomic E-state index is -0.0575. The Morgan fingerprint density at radius 1 is 1.16 bits per heavy atom. The molecule has 0 radical (unpaired) electrons. The van der Waals surface area contributed by atoms with Crippen LogP contribution >= 0.6 is 0 Å². The van der Waals surface area contributed by atoms with Crippen molar-refractivity contribution in [1.29, 1.82) is 0 Å². The van der Waals surface area contributed by atoms with Gasteiger partial charge in [0.2, 0.25) is 0 Å². The Morgan fingerprint density at radius 2 is 1.92 bits per heavy atom. The predicted molar refractivity (Wildman–Crippen MR) is 99.6 cm³/mol. The average molecular weight is 333 g/mol. The van der Waals surface area contributed by atoms with Crippen LogP contribution in [0.5, 0.6) is 0 Å². The molecule has 1 fully saturated rings. The van der Waals surface area contributed by atoms with Crippen LogP contribution in [-0.4, -0.2) is 15.5 Å². The van der Waals surface area contributed by atoms with Crippen LogP contribution in [0, 0.1) is 6.92 Å². The van der Waals surface area contributed by atoms with Crippen molar-refractivity contribution < 1.29 is 4.79 Å². The molecule has 0 aliphatic heterocycles. The summed E-state index contributed by atoms with van der Waals surface area (Å²) >= 11 is 0. The van der Waals surface area contributed by atoms with Gasteiger partial charge in [0, 0.05) is 18.2 Å². The number of fused-ring (bicyclic) bond motifs is 1. The van der Waals surface area contributed by atoms with Gasteiger partial charge in [-0.15, -0.1) is 0 Å². The lowest BCUT2D eigenvalue weighted by atomic mass is 10.1. The number of hydrogen-bond donors (Lipinski definition) is 1. The van der Waals surface area contributed by atoms with Gasteiger partial charge in [-0.1, -0.05) is 42.7 Å². The van der Waals surface area contributed by atoms with Crippen molar-refractivity contribution in [1.82, 2.24) is 14.9 Å². The molecule has 3 aromatic rings. The number of amides is 1. The molecule has 4 rings (SSSR count). The van der Waals surface area contributed by atoms with E-state index in [9.17, 15) is 4.79 Å². The van der Waals surface area contributed by atoms with Gasteiger partial charge in [0.05, 0.1) is 17.4 Å². The van der Waals surface area contributed by atoms with Crippen molar-refractivity contribution in [2.75, 3.05) is 0 Å². The summed E-state index contributed by atoms with van der Waals surface area (Å²) in [7, 11) is 0. The number of aromatic nitrogens is 2. The molecule has 0 unspecified atom stereocenters. The van der Waals surface area contributed by atoms with E-state index >= 15 is 0 Å². The molecule has 0 spiro atoms. The Hall–Kier alpha value is -2.62. The molecule has 2 aromatic carbocycles. The lowest BCUT2D eigenvalue weighted by Gasteiger charge is -2.12. The van der Waals surface area contributed by atoms with E-state index in [-0.39, 0.29) is 5.91 Å². The molecule has 25 heavy (non-hydrogen) atoms. The molecule has 4 heteroatoms. The van der Waals surface area contributed by atoms with Gasteiger partial charge in [0.15, 0.2) is 0 Å². The minimum absolute atomic E-state index is 0.0575. The Labute approximate surface area is 147 Å². The number of hydrogen-bond acceptors (Lipinski definition) is 2. The number of nitrogens with zero attached hydrogens (tertiary/aromatic N) is 2. The molecular weight excluding hydrogens is 310 g/mol. The lowest BCUT2D eigenvalue weighted by molar-refractivity contribution is 0.0951. The molecule has 1 heterocycles. The monoisotopic (exact) mass is 333 g/mol. The standard InChI is InChI=1S/C21H23N3O/c1-15-6-8-16(9-7-15)13-22-21(25)17-10-11-20-19(12-17)23-14-24(20)18-4-2-3-5-18/h6-12,14,18H,2-5,13H2,1H3,(H,22,25). The van der Waals surface area contributed by atoms with Crippen LogP contribution in [0.15, 0.2) is 48.8 Å². The van der Waals surface area contributed by atoms with E-state index in [1.807, 2.05) is 36.7 Å². The second-order valence-corrected chi connectivity index (χ2v) is 6.96. The highest BCUT2D eigenvalue weighted by Gasteiger charge is 2.19. The molecule has 0 saturated heterocycles. The fourth-order valence-corrected chi connectivity index (χ4v) is 3.64. The number of nitrogens with one attached hydrogen (secondary N) is 1. The summed E-state index contributed by atoms with van der Waals surface area (Å²) in [5.41, 5.74) is 5.01. The van der Waals surface area contributed by atoms with Crippen LogP contribution in [0.3, 0.4) is 0 Å². The lowest BCUT2D eigenvalue weighted by Crippen LogP contribution is -2.22. The van der Waals surface area contributed by atoms with E-state index in [2.05, 4.69) is 33.9 Å². The van der Waals surface area contributed by atoms with Crippen molar-refractivity contribution in [3.05, 3.63) is 65.5 Å². The zero-order chi connectivity index (χ0) is 17.2. The van der Waals surface area contributed by atoms with Gasteiger partial charge in [-0.05, 0) is 43.5 Å². The topological polar surface area (TPSA) is 46.9 Å². The van der Waals surface area contributed by atoms with Crippen molar-refractivity contribution in [3.63, 3.8) is 0 Å². The van der Waals surface area contributed by atoms with Gasteiger partial charge in [0.25, 0.3) is 5.91 Å². The number of aryl methyl sites for hydroxylation is 1. The zero-order valence-electron chi connectivity index (χ0n) is 14.5. The van der Waals surface area contributed by atoms with Crippen LogP contribution in [0.1, 0.15) is 53.2 Å². The molecule has 1 aliphatic rings. The molecule has 0 bridgehead atoms. The molecule has 0 atom stereocenters. The summed E-state index contributed by atoms with van der Waals surface area (Å²) in [6.45, 7) is 2.59. The van der Waals surface area contributed by atoms with Gasteiger partial charge in [-0.3, -0.25) is 4.79 Å². The van der Waals surface area contributed by atoms with Crippen LogP contribution in [0.4, 0.5) is 0 Å². The van der Waals surface area contributed by atoms with Crippen molar-refractivity contribution >= 4 is 16.9 Å². The molecule has 128 valence electrons. The van der Waals surface area contributed by atoms with E-state index in [1.54, 1.807) is 0 Å². The SMILES string of the molecule is Cc1ccc(CNC(=O)c2ccc3c(c2)ncn3C2CCCC2)cc1. The zero-order valence-corrected chi connectivity index (χ0v) is 14.5. The molecule has 1 saturated carbocycles. The molecule has 4 nitrogen and oxygen atoms in total. The first-order valence-corrected chi connectivity index (χ1v) is 9.01. The minimum Gasteiger partial charge on any atom is -0.348 e. The third kappa shape index (κ3) is 3.29. The van der Waals surface area contributed by atoms with Gasteiger partial charge in [-0.25, -0.2) is 4.98 Å². The molecule has 1 aliphatic carbocycles. The van der Waals surface area contributed by atoms with E-state index in [1.165, 1.54) is 31.2 Å². The molecule has 1 amide bonds. The quantitative estimate of drug-likeness (QED) is 0.770. The van der Waals surface area contributed by atoms with Crippen molar-refractivity contribution in [3.8, 4) is 0 Å². The third-order valence-corrected chi connectivity index (χ3v) is 5.13. The Kier molecular flexibility index (Phi) is 4.26. The number of benzene rings is 2. The van der Waals surface area contributed by atoms with E-state index in [4.69, 9.17) is 0 Å². The summed E-state index contributed by atoms with van der Waals surface area (Å²) in [6, 6.07) is 14.6. The second kappa shape index (κ2) is 6.71. The van der Waals surface area contributed by atoms with Crippen molar-refractivity contribution in [2.24, 2.45) is 0 Å². The largest absolute Gasteiger partial charge is 0.348 e. The summed E-state index contributed by atoms with van der Waals surface area (Å²) in [6.07, 6.45) is 6.97. The maximum atomic E-state index is 12.4. The normalized spacial score (nSPS) is 14.9.